The minimum Gasteiger partial charge on any atom is -0.371 e. The number of piperidine rings is 2. The van der Waals surface area contributed by atoms with Crippen LogP contribution < -0.4 is 20.9 Å². The number of halogens is 2. The third-order valence-electron chi connectivity index (χ3n) is 11.3. The minimum atomic E-state index is -0.968. The fourth-order valence-electron chi connectivity index (χ4n) is 8.30. The molecule has 286 valence electrons. The first kappa shape index (κ1) is 36.4. The van der Waals surface area contributed by atoms with Crippen LogP contribution in [-0.2, 0) is 29.6 Å². The second kappa shape index (κ2) is 14.7. The number of amides is 4. The summed E-state index contributed by atoms with van der Waals surface area (Å²) >= 11 is 7.21. The number of rotatable bonds is 8. The topological polar surface area (TPSA) is 158 Å². The smallest absolute Gasteiger partial charge is 0.262 e. The maximum atomic E-state index is 13.4. The summed E-state index contributed by atoms with van der Waals surface area (Å²) in [6.45, 7) is 4.59. The standard InChI is InChI=1S/C40H38Br2N10O4/c1-49-36-29(35(48-49)46-34-30(41)3-2-4-31(34)42)19-43-40(47-36)44-25-6-5-23-13-14-50(21-24(23)17-25)20-22-11-15-51(16-12-22)26-7-8-27-28(18-26)39(56)52(38(27)55)32-9-10-33(53)45-37(32)54/h2-8,17-19,22,32H,9-16,20-21H2,1H3,(H,46,48)(H,43,44,47)(H,45,53,54). The van der Waals surface area contributed by atoms with Crippen molar-refractivity contribution in [3.8, 4) is 0 Å². The largest absolute Gasteiger partial charge is 0.371 e. The number of anilines is 5. The number of benzene rings is 3. The van der Waals surface area contributed by atoms with Crippen LogP contribution in [0.2, 0.25) is 0 Å². The van der Waals surface area contributed by atoms with Crippen LogP contribution in [0.25, 0.3) is 11.0 Å². The van der Waals surface area contributed by atoms with Gasteiger partial charge in [-0.05, 0) is 117 Å². The molecule has 4 aliphatic rings. The summed E-state index contributed by atoms with van der Waals surface area (Å²) in [4.78, 5) is 65.9. The highest BCUT2D eigenvalue weighted by Gasteiger charge is 2.45. The number of para-hydroxylation sites is 1. The van der Waals surface area contributed by atoms with Crippen LogP contribution >= 0.6 is 31.9 Å². The zero-order chi connectivity index (χ0) is 38.7. The molecule has 56 heavy (non-hydrogen) atoms. The summed E-state index contributed by atoms with van der Waals surface area (Å²) in [5.41, 5.74) is 6.70. The molecule has 1 unspecified atom stereocenters. The molecule has 2 fully saturated rings. The van der Waals surface area contributed by atoms with Gasteiger partial charge in [0.2, 0.25) is 17.8 Å². The summed E-state index contributed by atoms with van der Waals surface area (Å²) in [6, 6.07) is 16.8. The first-order valence-electron chi connectivity index (χ1n) is 18.7. The fraction of sp³-hybridized carbons (Fsp3) is 0.325. The number of carbonyl (C=O) groups is 4. The highest BCUT2D eigenvalue weighted by atomic mass is 79.9. The van der Waals surface area contributed by atoms with Gasteiger partial charge in [-0.25, -0.2) is 9.67 Å². The van der Waals surface area contributed by atoms with Crippen molar-refractivity contribution in [3.63, 3.8) is 0 Å². The predicted molar refractivity (Wildman–Crippen MR) is 218 cm³/mol. The number of aromatic nitrogens is 4. The first-order valence-corrected chi connectivity index (χ1v) is 20.3. The monoisotopic (exact) mass is 880 g/mol. The van der Waals surface area contributed by atoms with Gasteiger partial charge in [-0.1, -0.05) is 12.1 Å². The van der Waals surface area contributed by atoms with Crippen molar-refractivity contribution in [1.82, 2.24) is 34.9 Å². The fourth-order valence-corrected chi connectivity index (χ4v) is 9.50. The molecular weight excluding hydrogens is 844 g/mol. The van der Waals surface area contributed by atoms with Crippen molar-refractivity contribution in [2.75, 3.05) is 41.7 Å². The molecule has 0 radical (unpaired) electrons. The summed E-state index contributed by atoms with van der Waals surface area (Å²) < 4.78 is 3.57. The van der Waals surface area contributed by atoms with Crippen LogP contribution in [-0.4, -0.2) is 85.4 Å². The Labute approximate surface area is 339 Å². The quantitative estimate of drug-likeness (QED) is 0.156. The van der Waals surface area contributed by atoms with Gasteiger partial charge in [-0.15, -0.1) is 0 Å². The first-order chi connectivity index (χ1) is 27.1. The van der Waals surface area contributed by atoms with E-state index in [1.54, 1.807) is 23.0 Å². The molecule has 6 heterocycles. The molecule has 9 rings (SSSR count). The molecule has 3 aromatic carbocycles. The molecular formula is C40H38Br2N10O4. The Balaban J connectivity index is 0.811. The molecule has 0 spiro atoms. The average Bonchev–Trinajstić information content (AvgIpc) is 3.63. The molecule has 0 bridgehead atoms. The number of imide groups is 2. The normalized spacial score (nSPS) is 19.0. The molecule has 3 N–H and O–H groups in total. The second-order valence-electron chi connectivity index (χ2n) is 14.8. The van der Waals surface area contributed by atoms with Crippen molar-refractivity contribution in [3.05, 3.63) is 92.0 Å². The van der Waals surface area contributed by atoms with Gasteiger partial charge in [-0.2, -0.15) is 10.1 Å². The van der Waals surface area contributed by atoms with Crippen molar-refractivity contribution < 1.29 is 19.2 Å². The second-order valence-corrected chi connectivity index (χ2v) is 16.5. The van der Waals surface area contributed by atoms with E-state index in [4.69, 9.17) is 4.98 Å². The summed E-state index contributed by atoms with van der Waals surface area (Å²) in [5.74, 6) is -0.244. The lowest BCUT2D eigenvalue weighted by molar-refractivity contribution is -0.136. The Bertz CT molecular complexity index is 2430. The molecule has 5 aromatic rings. The van der Waals surface area contributed by atoms with Crippen LogP contribution in [0.5, 0.6) is 0 Å². The molecule has 4 amide bonds. The van der Waals surface area contributed by atoms with Crippen molar-refractivity contribution in [2.24, 2.45) is 13.0 Å². The molecule has 1 atom stereocenters. The number of carbonyl (C=O) groups excluding carboxylic acids is 4. The zero-order valence-corrected chi connectivity index (χ0v) is 33.7. The Kier molecular flexibility index (Phi) is 9.58. The third-order valence-corrected chi connectivity index (χ3v) is 12.6. The number of fused-ring (bicyclic) bond motifs is 3. The number of aryl methyl sites for hydroxylation is 1. The van der Waals surface area contributed by atoms with Crippen LogP contribution in [0.3, 0.4) is 0 Å². The molecule has 0 aliphatic carbocycles. The summed E-state index contributed by atoms with van der Waals surface area (Å²) in [5, 5.41) is 14.5. The van der Waals surface area contributed by atoms with Gasteiger partial charge in [0.1, 0.15) is 6.04 Å². The Morgan fingerprint density at radius 3 is 2.43 bits per heavy atom. The molecule has 4 aliphatic heterocycles. The lowest BCUT2D eigenvalue weighted by Crippen LogP contribution is -2.54. The van der Waals surface area contributed by atoms with Gasteiger partial charge in [0.25, 0.3) is 11.8 Å². The van der Waals surface area contributed by atoms with E-state index in [2.05, 4.69) is 85.9 Å². The van der Waals surface area contributed by atoms with E-state index in [1.165, 1.54) is 11.1 Å². The maximum Gasteiger partial charge on any atom is 0.262 e. The average molecular weight is 883 g/mol. The molecule has 14 nitrogen and oxygen atoms in total. The van der Waals surface area contributed by atoms with Gasteiger partial charge < -0.3 is 15.5 Å². The van der Waals surface area contributed by atoms with E-state index < -0.39 is 23.8 Å². The maximum absolute atomic E-state index is 13.4. The Morgan fingerprint density at radius 1 is 0.857 bits per heavy atom. The number of hydrogen-bond acceptors (Lipinski definition) is 11. The molecule has 2 aromatic heterocycles. The molecule has 16 heteroatoms. The van der Waals surface area contributed by atoms with E-state index in [1.807, 2.05) is 31.3 Å². The zero-order valence-electron chi connectivity index (χ0n) is 30.5. The SMILES string of the molecule is Cn1nc(Nc2c(Br)cccc2Br)c2cnc(Nc3ccc4c(c3)CN(CC3CCN(c5ccc6c(c5)C(=O)N(C5CCC(=O)NC5=O)C6=O)CC3)CC4)nc21. The highest BCUT2D eigenvalue weighted by molar-refractivity contribution is 9.11. The third kappa shape index (κ3) is 6.83. The van der Waals surface area contributed by atoms with Crippen LogP contribution in [0, 0.1) is 5.92 Å². The number of nitrogens with zero attached hydrogens (tertiary/aromatic N) is 7. The van der Waals surface area contributed by atoms with Crippen molar-refractivity contribution >= 4 is 95.4 Å². The summed E-state index contributed by atoms with van der Waals surface area (Å²) in [7, 11) is 1.87. The van der Waals surface area contributed by atoms with Crippen LogP contribution in [0.1, 0.15) is 57.5 Å². The lowest BCUT2D eigenvalue weighted by Gasteiger charge is -2.37. The van der Waals surface area contributed by atoms with Gasteiger partial charge in [0.05, 0.1) is 22.2 Å². The van der Waals surface area contributed by atoms with E-state index in [0.29, 0.717) is 34.5 Å². The van der Waals surface area contributed by atoms with Crippen LogP contribution in [0.15, 0.2) is 69.7 Å². The van der Waals surface area contributed by atoms with Gasteiger partial charge in [0, 0.05) is 72.7 Å². The van der Waals surface area contributed by atoms with E-state index in [-0.39, 0.29) is 18.7 Å². The lowest BCUT2D eigenvalue weighted by atomic mass is 9.93. The Hall–Kier alpha value is -5.19. The van der Waals surface area contributed by atoms with E-state index in [9.17, 15) is 19.2 Å². The minimum absolute atomic E-state index is 0.0963. The van der Waals surface area contributed by atoms with E-state index >= 15 is 0 Å². The molecule has 0 saturated carbocycles. The van der Waals surface area contributed by atoms with Gasteiger partial charge >= 0.3 is 0 Å². The van der Waals surface area contributed by atoms with Crippen molar-refractivity contribution in [1.29, 1.82) is 0 Å². The van der Waals surface area contributed by atoms with Crippen LogP contribution in [0.4, 0.5) is 28.8 Å². The number of nitrogens with one attached hydrogen (secondary N) is 3. The number of hydrogen-bond donors (Lipinski definition) is 3. The predicted octanol–water partition coefficient (Wildman–Crippen LogP) is 6.05. The Morgan fingerprint density at radius 2 is 1.64 bits per heavy atom. The van der Waals surface area contributed by atoms with Gasteiger partial charge in [0.15, 0.2) is 11.5 Å². The molecule has 2 saturated heterocycles. The highest BCUT2D eigenvalue weighted by Crippen LogP contribution is 2.36. The summed E-state index contributed by atoms with van der Waals surface area (Å²) in [6.07, 6.45) is 5.05. The van der Waals surface area contributed by atoms with Crippen molar-refractivity contribution in [2.45, 2.75) is 44.7 Å². The van der Waals surface area contributed by atoms with Gasteiger partial charge in [-0.3, -0.25) is 34.3 Å². The van der Waals surface area contributed by atoms with E-state index in [0.717, 1.165) is 88.3 Å².